The molecule has 0 aliphatic rings. The Hall–Kier alpha value is -1.76. The molecule has 0 heterocycles. The van der Waals surface area contributed by atoms with Gasteiger partial charge in [0.05, 0.1) is 22.7 Å². The molecule has 4 nitrogen and oxygen atoms in total. The highest BCUT2D eigenvalue weighted by Gasteiger charge is 2.36. The van der Waals surface area contributed by atoms with Crippen LogP contribution in [0.2, 0.25) is 0 Å². The summed E-state index contributed by atoms with van der Waals surface area (Å²) in [5.41, 5.74) is 2.67. The van der Waals surface area contributed by atoms with E-state index in [-0.39, 0.29) is 17.4 Å². The SMILES string of the molecule is NC(CCl)=Nc1cccc(C(F)(F)F)c1C(=O)O. The standard InChI is InChI=1S/C10H8ClF3N2O2/c11-4-7(15)16-6-3-1-2-5(10(12,13)14)8(6)9(17)18/h1-3H,4H2,(H2,15,16)(H,17,18). The number of carboxylic acids is 1. The summed E-state index contributed by atoms with van der Waals surface area (Å²) in [7, 11) is 0. The van der Waals surface area contributed by atoms with Gasteiger partial charge in [0.1, 0.15) is 5.84 Å². The smallest absolute Gasteiger partial charge is 0.417 e. The van der Waals surface area contributed by atoms with Crippen molar-refractivity contribution in [2.24, 2.45) is 10.7 Å². The lowest BCUT2D eigenvalue weighted by Gasteiger charge is -2.11. The van der Waals surface area contributed by atoms with Crippen LogP contribution in [0.25, 0.3) is 0 Å². The summed E-state index contributed by atoms with van der Waals surface area (Å²) in [6.45, 7) is 0. The van der Waals surface area contributed by atoms with Crippen LogP contribution in [0, 0.1) is 0 Å². The van der Waals surface area contributed by atoms with Gasteiger partial charge in [0.15, 0.2) is 0 Å². The lowest BCUT2D eigenvalue weighted by Crippen LogP contribution is -2.15. The van der Waals surface area contributed by atoms with Crippen molar-refractivity contribution >= 4 is 29.1 Å². The Morgan fingerprint density at radius 1 is 1.44 bits per heavy atom. The zero-order valence-corrected chi connectivity index (χ0v) is 9.59. The number of hydrogen-bond acceptors (Lipinski definition) is 2. The molecule has 0 spiro atoms. The Balaban J connectivity index is 3.50. The van der Waals surface area contributed by atoms with Gasteiger partial charge in [-0.1, -0.05) is 6.07 Å². The second kappa shape index (κ2) is 5.26. The predicted octanol–water partition coefficient (Wildman–Crippen LogP) is 2.63. The first-order valence-corrected chi connectivity index (χ1v) is 5.13. The summed E-state index contributed by atoms with van der Waals surface area (Å²) in [6, 6.07) is 2.84. The predicted molar refractivity (Wildman–Crippen MR) is 60.4 cm³/mol. The highest BCUT2D eigenvalue weighted by molar-refractivity contribution is 6.28. The topological polar surface area (TPSA) is 75.7 Å². The third kappa shape index (κ3) is 3.13. The monoisotopic (exact) mass is 280 g/mol. The number of carbonyl (C=O) groups is 1. The quantitative estimate of drug-likeness (QED) is 0.508. The van der Waals surface area contributed by atoms with Crippen molar-refractivity contribution in [2.45, 2.75) is 6.18 Å². The zero-order valence-electron chi connectivity index (χ0n) is 8.83. The summed E-state index contributed by atoms with van der Waals surface area (Å²) < 4.78 is 37.9. The molecular formula is C10H8ClF3N2O2. The summed E-state index contributed by atoms with van der Waals surface area (Å²) in [4.78, 5) is 14.5. The van der Waals surface area contributed by atoms with Gasteiger partial charge in [-0.25, -0.2) is 9.79 Å². The normalized spacial score (nSPS) is 12.6. The van der Waals surface area contributed by atoms with Gasteiger partial charge >= 0.3 is 12.1 Å². The molecule has 0 atom stereocenters. The van der Waals surface area contributed by atoms with E-state index in [4.69, 9.17) is 22.4 Å². The third-order valence-corrected chi connectivity index (χ3v) is 2.24. The van der Waals surface area contributed by atoms with E-state index in [0.29, 0.717) is 6.07 Å². The van der Waals surface area contributed by atoms with Crippen LogP contribution in [0.4, 0.5) is 18.9 Å². The number of carboxylic acid groups (broad SMARTS) is 1. The molecule has 98 valence electrons. The molecule has 8 heteroatoms. The number of alkyl halides is 4. The number of halogens is 4. The highest BCUT2D eigenvalue weighted by atomic mass is 35.5. The van der Waals surface area contributed by atoms with E-state index in [0.717, 1.165) is 12.1 Å². The van der Waals surface area contributed by atoms with Gasteiger partial charge in [0, 0.05) is 0 Å². The fourth-order valence-corrected chi connectivity index (χ4v) is 1.34. The summed E-state index contributed by atoms with van der Waals surface area (Å²) in [5.74, 6) is -2.11. The van der Waals surface area contributed by atoms with Gasteiger partial charge in [-0.05, 0) is 12.1 Å². The molecule has 0 aromatic heterocycles. The summed E-state index contributed by atoms with van der Waals surface area (Å²) >= 11 is 5.34. The van der Waals surface area contributed by atoms with E-state index < -0.39 is 23.3 Å². The maximum absolute atomic E-state index is 12.6. The first-order valence-electron chi connectivity index (χ1n) is 4.60. The van der Waals surface area contributed by atoms with Crippen LogP contribution < -0.4 is 5.73 Å². The fourth-order valence-electron chi connectivity index (χ4n) is 1.28. The van der Waals surface area contributed by atoms with Gasteiger partial charge in [0.25, 0.3) is 0 Å². The van der Waals surface area contributed by atoms with E-state index in [1.54, 1.807) is 0 Å². The van der Waals surface area contributed by atoms with Crippen LogP contribution in [0.15, 0.2) is 23.2 Å². The van der Waals surface area contributed by atoms with Gasteiger partial charge in [-0.15, -0.1) is 11.6 Å². The minimum Gasteiger partial charge on any atom is -0.478 e. The largest absolute Gasteiger partial charge is 0.478 e. The third-order valence-electron chi connectivity index (χ3n) is 1.96. The number of nitrogens with zero attached hydrogens (tertiary/aromatic N) is 1. The minimum atomic E-state index is -4.78. The van der Waals surface area contributed by atoms with Gasteiger partial charge in [-0.3, -0.25) is 0 Å². The van der Waals surface area contributed by atoms with Gasteiger partial charge < -0.3 is 10.8 Å². The zero-order chi connectivity index (χ0) is 13.9. The van der Waals surface area contributed by atoms with E-state index in [1.807, 2.05) is 0 Å². The van der Waals surface area contributed by atoms with Crippen LogP contribution in [0.3, 0.4) is 0 Å². The minimum absolute atomic E-state index is 0.168. The molecule has 3 N–H and O–H groups in total. The highest BCUT2D eigenvalue weighted by Crippen LogP contribution is 2.36. The Kier molecular flexibility index (Phi) is 4.18. The number of nitrogens with two attached hydrogens (primary N) is 1. The van der Waals surface area contributed by atoms with Gasteiger partial charge in [0.2, 0.25) is 0 Å². The van der Waals surface area contributed by atoms with E-state index >= 15 is 0 Å². The fraction of sp³-hybridized carbons (Fsp3) is 0.200. The van der Waals surface area contributed by atoms with Crippen LogP contribution in [-0.4, -0.2) is 22.8 Å². The molecule has 0 bridgehead atoms. The Morgan fingerprint density at radius 3 is 2.50 bits per heavy atom. The molecule has 1 rings (SSSR count). The molecular weight excluding hydrogens is 273 g/mol. The summed E-state index contributed by atoms with van der Waals surface area (Å²) in [6.07, 6.45) is -4.78. The lowest BCUT2D eigenvalue weighted by molar-refractivity contribution is -0.138. The van der Waals surface area contributed by atoms with Crippen LogP contribution in [-0.2, 0) is 6.18 Å². The second-order valence-electron chi connectivity index (χ2n) is 3.24. The van der Waals surface area contributed by atoms with Crippen molar-refractivity contribution in [3.05, 3.63) is 29.3 Å². The Labute approximate surface area is 105 Å². The second-order valence-corrected chi connectivity index (χ2v) is 3.51. The molecule has 0 aliphatic heterocycles. The van der Waals surface area contributed by atoms with Crippen molar-refractivity contribution < 1.29 is 23.1 Å². The maximum atomic E-state index is 12.6. The first kappa shape index (κ1) is 14.3. The number of benzene rings is 1. The van der Waals surface area contributed by atoms with Crippen molar-refractivity contribution in [1.29, 1.82) is 0 Å². The van der Waals surface area contributed by atoms with Crippen molar-refractivity contribution in [3.8, 4) is 0 Å². The van der Waals surface area contributed by atoms with Crippen molar-refractivity contribution in [2.75, 3.05) is 5.88 Å². The van der Waals surface area contributed by atoms with Crippen molar-refractivity contribution in [1.82, 2.24) is 0 Å². The molecule has 0 unspecified atom stereocenters. The lowest BCUT2D eigenvalue weighted by atomic mass is 10.1. The number of hydrogen-bond donors (Lipinski definition) is 2. The number of aliphatic imine (C=N–C) groups is 1. The summed E-state index contributed by atoms with van der Waals surface area (Å²) in [5, 5.41) is 8.85. The molecule has 1 aromatic rings. The molecule has 18 heavy (non-hydrogen) atoms. The van der Waals surface area contributed by atoms with E-state index in [9.17, 15) is 18.0 Å². The first-order chi connectivity index (χ1) is 8.27. The van der Waals surface area contributed by atoms with Crippen LogP contribution >= 0.6 is 11.6 Å². The van der Waals surface area contributed by atoms with Crippen LogP contribution in [0.1, 0.15) is 15.9 Å². The molecule has 0 saturated carbocycles. The Morgan fingerprint density at radius 2 is 2.06 bits per heavy atom. The van der Waals surface area contributed by atoms with Gasteiger partial charge in [-0.2, -0.15) is 13.2 Å². The molecule has 0 radical (unpaired) electrons. The van der Waals surface area contributed by atoms with Crippen LogP contribution in [0.5, 0.6) is 0 Å². The maximum Gasteiger partial charge on any atom is 0.417 e. The average Bonchev–Trinajstić information content (AvgIpc) is 2.27. The Bertz CT molecular complexity index is 500. The molecule has 0 aliphatic carbocycles. The van der Waals surface area contributed by atoms with E-state index in [2.05, 4.69) is 4.99 Å². The number of rotatable bonds is 3. The molecule has 0 saturated heterocycles. The van der Waals surface area contributed by atoms with Crippen molar-refractivity contribution in [3.63, 3.8) is 0 Å². The van der Waals surface area contributed by atoms with E-state index in [1.165, 1.54) is 0 Å². The number of aromatic carboxylic acids is 1. The average molecular weight is 281 g/mol. The molecule has 0 fully saturated rings. The molecule has 1 aromatic carbocycles. The number of amidine groups is 1. The molecule has 0 amide bonds.